The third-order valence-electron chi connectivity index (χ3n) is 2.11. The van der Waals surface area contributed by atoms with E-state index in [1.54, 1.807) is 32.0 Å². The first-order chi connectivity index (χ1) is 7.53. The Morgan fingerprint density at radius 3 is 2.25 bits per heavy atom. The minimum atomic E-state index is -3.18. The van der Waals surface area contributed by atoms with Crippen molar-refractivity contribution in [3.8, 4) is 0 Å². The molecule has 0 saturated heterocycles. The molecule has 1 rings (SSSR count). The van der Waals surface area contributed by atoms with E-state index >= 15 is 0 Å². The number of nitrogens with two attached hydrogens (primary N) is 1. The Hall–Kier alpha value is -0.830. The van der Waals surface area contributed by atoms with Gasteiger partial charge in [0.15, 0.2) is 0 Å². The summed E-state index contributed by atoms with van der Waals surface area (Å²) in [6.45, 7) is 6.12. The van der Waals surface area contributed by atoms with Gasteiger partial charge in [-0.1, -0.05) is 0 Å². The Labute approximate surface area is 96.3 Å². The van der Waals surface area contributed by atoms with Gasteiger partial charge in [-0.3, -0.25) is 4.57 Å². The van der Waals surface area contributed by atoms with E-state index in [2.05, 4.69) is 0 Å². The molecule has 0 radical (unpaired) electrons. The van der Waals surface area contributed by atoms with Gasteiger partial charge in [-0.15, -0.1) is 0 Å². The van der Waals surface area contributed by atoms with E-state index in [0.29, 0.717) is 24.2 Å². The molecule has 0 unspecified atom stereocenters. The number of benzene rings is 1. The van der Waals surface area contributed by atoms with Crippen LogP contribution in [0.15, 0.2) is 18.2 Å². The van der Waals surface area contributed by atoms with Gasteiger partial charge in [0.05, 0.1) is 18.5 Å². The van der Waals surface area contributed by atoms with Crippen LogP contribution in [0.1, 0.15) is 19.4 Å². The van der Waals surface area contributed by atoms with Crippen LogP contribution in [-0.4, -0.2) is 13.2 Å². The number of anilines is 1. The Bertz CT molecular complexity index is 396. The first-order valence-corrected chi connectivity index (χ1v) is 6.83. The van der Waals surface area contributed by atoms with E-state index in [-0.39, 0.29) is 0 Å². The summed E-state index contributed by atoms with van der Waals surface area (Å²) in [4.78, 5) is 0. The van der Waals surface area contributed by atoms with Gasteiger partial charge in [0.1, 0.15) is 0 Å². The lowest BCUT2D eigenvalue weighted by Crippen LogP contribution is -2.14. The highest BCUT2D eigenvalue weighted by molar-refractivity contribution is 7.62. The quantitative estimate of drug-likeness (QED) is 0.637. The molecule has 0 amide bonds. The number of hydrogen-bond acceptors (Lipinski definition) is 4. The molecule has 0 fully saturated rings. The predicted molar refractivity (Wildman–Crippen MR) is 66.1 cm³/mol. The Morgan fingerprint density at radius 2 is 1.81 bits per heavy atom. The summed E-state index contributed by atoms with van der Waals surface area (Å²) in [5.74, 6) is 0. The minimum Gasteiger partial charge on any atom is -0.399 e. The average Bonchev–Trinajstić information content (AvgIpc) is 2.17. The fraction of sp³-hybridized carbons (Fsp3) is 0.455. The molecule has 0 spiro atoms. The maximum absolute atomic E-state index is 12.5. The maximum atomic E-state index is 12.5. The number of hydrogen-bond donors (Lipinski definition) is 1. The zero-order valence-electron chi connectivity index (χ0n) is 9.90. The molecule has 0 heterocycles. The normalized spacial score (nSPS) is 11.7. The molecule has 0 saturated carbocycles. The van der Waals surface area contributed by atoms with Gasteiger partial charge in [-0.05, 0) is 44.5 Å². The first-order valence-electron chi connectivity index (χ1n) is 5.29. The van der Waals surface area contributed by atoms with Gasteiger partial charge < -0.3 is 14.8 Å². The van der Waals surface area contributed by atoms with E-state index in [1.807, 2.05) is 6.92 Å². The molecule has 0 aliphatic heterocycles. The summed E-state index contributed by atoms with van der Waals surface area (Å²) >= 11 is 0. The molecule has 1 aromatic rings. The van der Waals surface area contributed by atoms with Gasteiger partial charge >= 0.3 is 7.60 Å². The summed E-state index contributed by atoms with van der Waals surface area (Å²) in [6, 6.07) is 5.17. The topological polar surface area (TPSA) is 61.5 Å². The molecule has 2 N–H and O–H groups in total. The van der Waals surface area contributed by atoms with Crippen LogP contribution in [0.25, 0.3) is 0 Å². The molecule has 0 aliphatic carbocycles. The van der Waals surface area contributed by atoms with Crippen molar-refractivity contribution in [2.45, 2.75) is 20.8 Å². The molecule has 5 heteroatoms. The smallest absolute Gasteiger partial charge is 0.361 e. The molecular weight excluding hydrogens is 225 g/mol. The van der Waals surface area contributed by atoms with Crippen molar-refractivity contribution in [2.24, 2.45) is 0 Å². The highest BCUT2D eigenvalue weighted by Gasteiger charge is 2.28. The molecular formula is C11H18NO3P. The SMILES string of the molecule is CCOP(=O)(OCC)c1ccc(N)cc1C. The van der Waals surface area contributed by atoms with Gasteiger partial charge in [-0.25, -0.2) is 0 Å². The lowest BCUT2D eigenvalue weighted by molar-refractivity contribution is 0.230. The Balaban J connectivity index is 3.15. The van der Waals surface area contributed by atoms with Crippen LogP contribution in [0.2, 0.25) is 0 Å². The van der Waals surface area contributed by atoms with Crippen LogP contribution in [0.4, 0.5) is 5.69 Å². The zero-order chi connectivity index (χ0) is 12.2. The molecule has 4 nitrogen and oxygen atoms in total. The van der Waals surface area contributed by atoms with Crippen LogP contribution < -0.4 is 11.0 Å². The largest absolute Gasteiger partial charge is 0.399 e. The number of aryl methyl sites for hydroxylation is 1. The molecule has 0 bridgehead atoms. The highest BCUT2D eigenvalue weighted by atomic mass is 31.2. The molecule has 0 aromatic heterocycles. The summed E-state index contributed by atoms with van der Waals surface area (Å²) in [7, 11) is -3.18. The molecule has 16 heavy (non-hydrogen) atoms. The maximum Gasteiger partial charge on any atom is 0.361 e. The van der Waals surface area contributed by atoms with Gasteiger partial charge in [-0.2, -0.15) is 0 Å². The van der Waals surface area contributed by atoms with E-state index in [1.165, 1.54) is 0 Å². The van der Waals surface area contributed by atoms with Crippen LogP contribution >= 0.6 is 7.60 Å². The fourth-order valence-electron chi connectivity index (χ4n) is 1.50. The third-order valence-corrected chi connectivity index (χ3v) is 4.40. The minimum absolute atomic E-state index is 0.348. The van der Waals surface area contributed by atoms with Crippen molar-refractivity contribution in [2.75, 3.05) is 18.9 Å². The van der Waals surface area contributed by atoms with Crippen molar-refractivity contribution in [1.82, 2.24) is 0 Å². The zero-order valence-corrected chi connectivity index (χ0v) is 10.8. The van der Waals surface area contributed by atoms with E-state index < -0.39 is 7.60 Å². The van der Waals surface area contributed by atoms with Crippen LogP contribution in [0, 0.1) is 6.92 Å². The second-order valence-corrected chi connectivity index (χ2v) is 5.37. The van der Waals surface area contributed by atoms with Crippen molar-refractivity contribution >= 4 is 18.6 Å². The van der Waals surface area contributed by atoms with Gasteiger partial charge in [0, 0.05) is 5.69 Å². The van der Waals surface area contributed by atoms with E-state index in [0.717, 1.165) is 5.56 Å². The molecule has 90 valence electrons. The van der Waals surface area contributed by atoms with E-state index in [4.69, 9.17) is 14.8 Å². The summed E-state index contributed by atoms with van der Waals surface area (Å²) in [5, 5.41) is 0.588. The van der Waals surface area contributed by atoms with Crippen molar-refractivity contribution < 1.29 is 13.6 Å². The van der Waals surface area contributed by atoms with E-state index in [9.17, 15) is 4.57 Å². The highest BCUT2D eigenvalue weighted by Crippen LogP contribution is 2.47. The second kappa shape index (κ2) is 5.48. The number of rotatable bonds is 5. The second-order valence-electron chi connectivity index (χ2n) is 3.38. The summed E-state index contributed by atoms with van der Waals surface area (Å²) < 4.78 is 23.0. The molecule has 0 atom stereocenters. The lowest BCUT2D eigenvalue weighted by Gasteiger charge is -2.19. The molecule has 0 aliphatic rings. The van der Waals surface area contributed by atoms with Crippen molar-refractivity contribution in [1.29, 1.82) is 0 Å². The third kappa shape index (κ3) is 2.85. The fourth-order valence-corrected chi connectivity index (χ4v) is 3.29. The Morgan fingerprint density at radius 1 is 1.25 bits per heavy atom. The van der Waals surface area contributed by atoms with Crippen molar-refractivity contribution in [3.63, 3.8) is 0 Å². The standard InChI is InChI=1S/C11H18NO3P/c1-4-14-16(13,15-5-2)11-7-6-10(12)8-9(11)3/h6-8H,4-5,12H2,1-3H3. The average molecular weight is 243 g/mol. The monoisotopic (exact) mass is 243 g/mol. The lowest BCUT2D eigenvalue weighted by atomic mass is 10.2. The predicted octanol–water partition coefficient (Wildman–Crippen LogP) is 2.47. The van der Waals surface area contributed by atoms with Gasteiger partial charge in [0.2, 0.25) is 0 Å². The first kappa shape index (κ1) is 13.2. The van der Waals surface area contributed by atoms with Crippen molar-refractivity contribution in [3.05, 3.63) is 23.8 Å². The van der Waals surface area contributed by atoms with Crippen LogP contribution in [0.3, 0.4) is 0 Å². The molecule has 1 aromatic carbocycles. The van der Waals surface area contributed by atoms with Crippen LogP contribution in [-0.2, 0) is 13.6 Å². The van der Waals surface area contributed by atoms with Crippen LogP contribution in [0.5, 0.6) is 0 Å². The van der Waals surface area contributed by atoms with Gasteiger partial charge in [0.25, 0.3) is 0 Å². The Kier molecular flexibility index (Phi) is 4.54. The summed E-state index contributed by atoms with van der Waals surface area (Å²) in [5.41, 5.74) is 7.11. The summed E-state index contributed by atoms with van der Waals surface area (Å²) in [6.07, 6.45) is 0. The number of nitrogen functional groups attached to an aromatic ring is 1.